The van der Waals surface area contributed by atoms with Crippen molar-refractivity contribution < 1.29 is 4.74 Å². The molecular formula is C10H16O. The maximum atomic E-state index is 5.78. The Morgan fingerprint density at radius 2 is 1.27 bits per heavy atom. The Morgan fingerprint density at radius 3 is 1.73 bits per heavy atom. The van der Waals surface area contributed by atoms with E-state index in [9.17, 15) is 0 Å². The molecule has 2 heterocycles. The van der Waals surface area contributed by atoms with Crippen molar-refractivity contribution >= 4 is 0 Å². The van der Waals surface area contributed by atoms with Crippen molar-refractivity contribution in [2.45, 2.75) is 33.0 Å². The van der Waals surface area contributed by atoms with Gasteiger partial charge in [-0.3, -0.25) is 0 Å². The monoisotopic (exact) mass is 152 g/mol. The van der Waals surface area contributed by atoms with Crippen LogP contribution in [-0.2, 0) is 4.74 Å². The van der Waals surface area contributed by atoms with Crippen LogP contribution in [0.4, 0.5) is 0 Å². The molecule has 4 unspecified atom stereocenters. The minimum absolute atomic E-state index is 0.409. The number of fused-ring (bicyclic) bond motifs is 2. The van der Waals surface area contributed by atoms with Crippen LogP contribution in [0.5, 0.6) is 0 Å². The standard InChI is InChI=1S/C10H16O/c1-6-7(2)9-4-5-10(11-9)8(6)3/h4-10H,1-3H3. The summed E-state index contributed by atoms with van der Waals surface area (Å²) in [5.74, 6) is 2.19. The third-order valence-corrected chi connectivity index (χ3v) is 3.50. The van der Waals surface area contributed by atoms with Crippen molar-refractivity contribution in [2.75, 3.05) is 0 Å². The lowest BCUT2D eigenvalue weighted by atomic mass is 9.79. The summed E-state index contributed by atoms with van der Waals surface area (Å²) in [5, 5.41) is 0. The van der Waals surface area contributed by atoms with Gasteiger partial charge >= 0.3 is 0 Å². The molecule has 1 saturated heterocycles. The Kier molecular flexibility index (Phi) is 1.57. The van der Waals surface area contributed by atoms with Crippen molar-refractivity contribution in [3.63, 3.8) is 0 Å². The molecular weight excluding hydrogens is 136 g/mol. The number of hydrogen-bond donors (Lipinski definition) is 0. The van der Waals surface area contributed by atoms with E-state index in [0.29, 0.717) is 24.0 Å². The van der Waals surface area contributed by atoms with Crippen LogP contribution in [0.3, 0.4) is 0 Å². The molecule has 4 atom stereocenters. The molecule has 0 aromatic rings. The average Bonchev–Trinajstić information content (AvgIpc) is 2.44. The highest BCUT2D eigenvalue weighted by Gasteiger charge is 2.39. The molecule has 2 aliphatic rings. The van der Waals surface area contributed by atoms with Gasteiger partial charge < -0.3 is 4.74 Å². The van der Waals surface area contributed by atoms with Gasteiger partial charge in [0.15, 0.2) is 0 Å². The second kappa shape index (κ2) is 2.34. The van der Waals surface area contributed by atoms with E-state index in [1.54, 1.807) is 0 Å². The van der Waals surface area contributed by atoms with E-state index >= 15 is 0 Å². The molecule has 1 heteroatoms. The Morgan fingerprint density at radius 1 is 0.818 bits per heavy atom. The van der Waals surface area contributed by atoms with Crippen molar-refractivity contribution in [1.82, 2.24) is 0 Å². The number of ether oxygens (including phenoxy) is 1. The Balaban J connectivity index is 2.22. The van der Waals surface area contributed by atoms with Crippen LogP contribution in [0.2, 0.25) is 0 Å². The maximum absolute atomic E-state index is 5.78. The largest absolute Gasteiger partial charge is 0.366 e. The summed E-state index contributed by atoms with van der Waals surface area (Å²) < 4.78 is 5.78. The molecule has 2 aliphatic heterocycles. The highest BCUT2D eigenvalue weighted by atomic mass is 16.5. The van der Waals surface area contributed by atoms with Crippen LogP contribution in [0.1, 0.15) is 20.8 Å². The molecule has 62 valence electrons. The Bertz CT molecular complexity index is 167. The van der Waals surface area contributed by atoms with E-state index in [4.69, 9.17) is 4.74 Å². The van der Waals surface area contributed by atoms with Gasteiger partial charge in [0, 0.05) is 0 Å². The molecule has 0 N–H and O–H groups in total. The van der Waals surface area contributed by atoms with Gasteiger partial charge in [0.05, 0.1) is 12.2 Å². The summed E-state index contributed by atoms with van der Waals surface area (Å²) in [6.07, 6.45) is 5.28. The SMILES string of the molecule is CC1C2C=CC(O2)C(C)C1C. The lowest BCUT2D eigenvalue weighted by Crippen LogP contribution is -2.39. The second-order valence-corrected chi connectivity index (χ2v) is 4.03. The zero-order valence-corrected chi connectivity index (χ0v) is 7.45. The maximum Gasteiger partial charge on any atom is 0.0793 e. The fourth-order valence-corrected chi connectivity index (χ4v) is 2.17. The highest BCUT2D eigenvalue weighted by Crippen LogP contribution is 2.39. The summed E-state index contributed by atoms with van der Waals surface area (Å²) in [4.78, 5) is 0. The predicted octanol–water partition coefficient (Wildman–Crippen LogP) is 2.23. The number of hydrogen-bond acceptors (Lipinski definition) is 1. The van der Waals surface area contributed by atoms with Gasteiger partial charge in [-0.2, -0.15) is 0 Å². The first-order chi connectivity index (χ1) is 5.20. The first kappa shape index (κ1) is 7.35. The summed E-state index contributed by atoms with van der Waals surface area (Å²) >= 11 is 0. The third-order valence-electron chi connectivity index (χ3n) is 3.50. The normalized spacial score (nSPS) is 55.0. The lowest BCUT2D eigenvalue weighted by molar-refractivity contribution is -0.0741. The van der Waals surface area contributed by atoms with Gasteiger partial charge in [0.2, 0.25) is 0 Å². The molecule has 2 rings (SSSR count). The minimum atomic E-state index is 0.409. The second-order valence-electron chi connectivity index (χ2n) is 4.03. The molecule has 1 fully saturated rings. The molecule has 0 saturated carbocycles. The van der Waals surface area contributed by atoms with E-state index < -0.39 is 0 Å². The topological polar surface area (TPSA) is 9.23 Å². The van der Waals surface area contributed by atoms with Crippen LogP contribution in [0, 0.1) is 17.8 Å². The van der Waals surface area contributed by atoms with Gasteiger partial charge in [-0.25, -0.2) is 0 Å². The zero-order valence-electron chi connectivity index (χ0n) is 7.45. The first-order valence-electron chi connectivity index (χ1n) is 4.54. The van der Waals surface area contributed by atoms with Crippen LogP contribution < -0.4 is 0 Å². The lowest BCUT2D eigenvalue weighted by Gasteiger charge is -2.37. The van der Waals surface area contributed by atoms with Gasteiger partial charge in [-0.05, 0) is 17.8 Å². The third kappa shape index (κ3) is 0.943. The smallest absolute Gasteiger partial charge is 0.0793 e. The molecule has 0 radical (unpaired) electrons. The molecule has 1 nitrogen and oxygen atoms in total. The van der Waals surface area contributed by atoms with Crippen LogP contribution in [-0.4, -0.2) is 12.2 Å². The molecule has 11 heavy (non-hydrogen) atoms. The average molecular weight is 152 g/mol. The summed E-state index contributed by atoms with van der Waals surface area (Å²) in [7, 11) is 0. The zero-order chi connectivity index (χ0) is 8.01. The van der Waals surface area contributed by atoms with E-state index in [1.165, 1.54) is 0 Å². The minimum Gasteiger partial charge on any atom is -0.366 e. The molecule has 0 aliphatic carbocycles. The quantitative estimate of drug-likeness (QED) is 0.484. The van der Waals surface area contributed by atoms with Crippen LogP contribution in [0.15, 0.2) is 12.2 Å². The van der Waals surface area contributed by atoms with Gasteiger partial charge in [-0.15, -0.1) is 0 Å². The summed E-state index contributed by atoms with van der Waals surface area (Å²) in [6.45, 7) is 6.92. The molecule has 0 aromatic heterocycles. The Labute approximate surface area is 68.4 Å². The summed E-state index contributed by atoms with van der Waals surface area (Å²) in [6, 6.07) is 0. The molecule has 0 spiro atoms. The van der Waals surface area contributed by atoms with E-state index in [2.05, 4.69) is 32.9 Å². The van der Waals surface area contributed by atoms with E-state index in [0.717, 1.165) is 5.92 Å². The fourth-order valence-electron chi connectivity index (χ4n) is 2.17. The number of rotatable bonds is 0. The van der Waals surface area contributed by atoms with Crippen LogP contribution >= 0.6 is 0 Å². The highest BCUT2D eigenvalue weighted by molar-refractivity contribution is 5.10. The van der Waals surface area contributed by atoms with Crippen LogP contribution in [0.25, 0.3) is 0 Å². The predicted molar refractivity (Wildman–Crippen MR) is 45.3 cm³/mol. The van der Waals surface area contributed by atoms with E-state index in [-0.39, 0.29) is 0 Å². The van der Waals surface area contributed by atoms with Crippen molar-refractivity contribution in [3.05, 3.63) is 12.2 Å². The fraction of sp³-hybridized carbons (Fsp3) is 0.800. The summed E-state index contributed by atoms with van der Waals surface area (Å²) in [5.41, 5.74) is 0. The van der Waals surface area contributed by atoms with E-state index in [1.807, 2.05) is 0 Å². The van der Waals surface area contributed by atoms with Crippen molar-refractivity contribution in [2.24, 2.45) is 17.8 Å². The van der Waals surface area contributed by atoms with Gasteiger partial charge in [-0.1, -0.05) is 32.9 Å². The Hall–Kier alpha value is -0.300. The van der Waals surface area contributed by atoms with Crippen molar-refractivity contribution in [3.8, 4) is 0 Å². The van der Waals surface area contributed by atoms with Crippen molar-refractivity contribution in [1.29, 1.82) is 0 Å². The molecule has 2 bridgehead atoms. The van der Waals surface area contributed by atoms with Gasteiger partial charge in [0.25, 0.3) is 0 Å². The molecule has 0 amide bonds. The first-order valence-corrected chi connectivity index (χ1v) is 4.54. The molecule has 0 aromatic carbocycles. The van der Waals surface area contributed by atoms with Gasteiger partial charge in [0.1, 0.15) is 0 Å².